The molecule has 1 aliphatic carbocycles. The molecule has 3 aromatic carbocycles. The first-order valence-electron chi connectivity index (χ1n) is 10.9. The van der Waals surface area contributed by atoms with Gasteiger partial charge < -0.3 is 0 Å². The maximum absolute atomic E-state index is 12.8. The second-order valence-corrected chi connectivity index (χ2v) is 14.7. The Balaban J connectivity index is 1.90. The summed E-state index contributed by atoms with van der Waals surface area (Å²) in [6, 6.07) is 31.2. The van der Waals surface area contributed by atoms with Crippen LogP contribution in [-0.2, 0) is 8.56 Å². The molecule has 3 aromatic rings. The average Bonchev–Trinajstić information content (AvgIpc) is 2.81. The zero-order chi connectivity index (χ0) is 21.0. The SMILES string of the molecule is [2H]C1(C(C)[O][Ge]([c]2ccccc2)([c]2ccccc2)[c]2ccccc2)CCCCC1=O. The van der Waals surface area contributed by atoms with E-state index < -0.39 is 25.6 Å². The fraction of sp³-hybridized carbons (Fsp3) is 0.269. The zero-order valence-corrected chi connectivity index (χ0v) is 19.0. The molecule has 0 heterocycles. The number of carbonyl (C=O) groups excluding carboxylic acids is 1. The Labute approximate surface area is 178 Å². The molecule has 1 saturated carbocycles. The fourth-order valence-electron chi connectivity index (χ4n) is 4.39. The van der Waals surface area contributed by atoms with Crippen LogP contribution < -0.4 is 13.2 Å². The minimum atomic E-state index is -3.62. The number of hydrogen-bond acceptors (Lipinski definition) is 2. The molecule has 2 unspecified atom stereocenters. The predicted molar refractivity (Wildman–Crippen MR) is 121 cm³/mol. The van der Waals surface area contributed by atoms with E-state index in [0.29, 0.717) is 12.8 Å². The number of Topliss-reactive ketones (excluding diaryl/α,β-unsaturated/α-hetero) is 1. The van der Waals surface area contributed by atoms with E-state index in [4.69, 9.17) is 5.13 Å². The van der Waals surface area contributed by atoms with E-state index in [1.807, 2.05) is 25.1 Å². The van der Waals surface area contributed by atoms with E-state index in [-0.39, 0.29) is 5.78 Å². The van der Waals surface area contributed by atoms with Crippen LogP contribution in [0.1, 0.15) is 34.0 Å². The van der Waals surface area contributed by atoms with E-state index in [0.717, 1.165) is 12.8 Å². The third-order valence-corrected chi connectivity index (χ3v) is 14.5. The Kier molecular flexibility index (Phi) is 5.91. The van der Waals surface area contributed by atoms with E-state index >= 15 is 0 Å². The quantitative estimate of drug-likeness (QED) is 0.539. The summed E-state index contributed by atoms with van der Waals surface area (Å²) in [6.07, 6.45) is 2.37. The molecule has 2 nitrogen and oxygen atoms in total. The van der Waals surface area contributed by atoms with Crippen molar-refractivity contribution < 1.29 is 9.93 Å². The van der Waals surface area contributed by atoms with Crippen molar-refractivity contribution in [1.82, 2.24) is 0 Å². The number of benzene rings is 3. The van der Waals surface area contributed by atoms with Gasteiger partial charge in [0.1, 0.15) is 0 Å². The summed E-state index contributed by atoms with van der Waals surface area (Å²) in [6.45, 7) is 1.94. The Morgan fingerprint density at radius 1 is 0.828 bits per heavy atom. The molecule has 0 aromatic heterocycles. The van der Waals surface area contributed by atoms with Gasteiger partial charge in [-0.2, -0.15) is 0 Å². The summed E-state index contributed by atoms with van der Waals surface area (Å²) in [5.41, 5.74) is 0. The number of carbonyl (C=O) groups is 1. The minimum absolute atomic E-state index is 0.0201. The molecule has 0 amide bonds. The molecule has 0 aliphatic heterocycles. The van der Waals surface area contributed by atoms with Gasteiger partial charge >= 0.3 is 178 Å². The second kappa shape index (κ2) is 9.10. The molecule has 3 heteroatoms. The van der Waals surface area contributed by atoms with Crippen LogP contribution >= 0.6 is 0 Å². The van der Waals surface area contributed by atoms with Crippen molar-refractivity contribution in [1.29, 1.82) is 0 Å². The van der Waals surface area contributed by atoms with E-state index in [2.05, 4.69) is 72.8 Å². The van der Waals surface area contributed by atoms with Crippen molar-refractivity contribution >= 4 is 32.6 Å². The molecule has 0 N–H and O–H groups in total. The van der Waals surface area contributed by atoms with Crippen molar-refractivity contribution in [3.05, 3.63) is 91.0 Å². The predicted octanol–water partition coefficient (Wildman–Crippen LogP) is 3.82. The third-order valence-electron chi connectivity index (χ3n) is 5.84. The first-order valence-corrected chi connectivity index (χ1v) is 14.5. The molecule has 0 bridgehead atoms. The molecule has 0 spiro atoms. The van der Waals surface area contributed by atoms with Crippen molar-refractivity contribution in [3.8, 4) is 0 Å². The fourth-order valence-corrected chi connectivity index (χ4v) is 12.9. The van der Waals surface area contributed by atoms with Gasteiger partial charge in [0.15, 0.2) is 0 Å². The molecule has 1 aliphatic rings. The van der Waals surface area contributed by atoms with Gasteiger partial charge in [0, 0.05) is 0 Å². The molecule has 4 rings (SSSR count). The van der Waals surface area contributed by atoms with Gasteiger partial charge in [-0.05, 0) is 0 Å². The second-order valence-electron chi connectivity index (χ2n) is 7.69. The Morgan fingerprint density at radius 2 is 1.28 bits per heavy atom. The molecule has 2 atom stereocenters. The summed E-state index contributed by atoms with van der Waals surface area (Å²) >= 11 is -3.62. The van der Waals surface area contributed by atoms with Gasteiger partial charge in [0.25, 0.3) is 0 Å². The first kappa shape index (κ1) is 18.8. The van der Waals surface area contributed by atoms with Gasteiger partial charge in [0.05, 0.1) is 0 Å². The Bertz CT molecular complexity index is 881. The molecular formula is C26H28GeO2. The van der Waals surface area contributed by atoms with Gasteiger partial charge in [0.2, 0.25) is 0 Å². The average molecular weight is 446 g/mol. The number of ketones is 1. The van der Waals surface area contributed by atoms with Crippen LogP contribution in [-0.4, -0.2) is 25.5 Å². The number of hydrogen-bond donors (Lipinski definition) is 0. The van der Waals surface area contributed by atoms with E-state index in [1.165, 1.54) is 13.2 Å². The van der Waals surface area contributed by atoms with E-state index in [9.17, 15) is 4.79 Å². The topological polar surface area (TPSA) is 26.3 Å². The Hall–Kier alpha value is -2.17. The first-order chi connectivity index (χ1) is 14.6. The van der Waals surface area contributed by atoms with Gasteiger partial charge in [-0.15, -0.1) is 0 Å². The molecule has 0 radical (unpaired) electrons. The van der Waals surface area contributed by atoms with Crippen LogP contribution in [0.4, 0.5) is 0 Å². The zero-order valence-electron chi connectivity index (χ0n) is 17.9. The maximum atomic E-state index is 12.8. The summed E-state index contributed by atoms with van der Waals surface area (Å²) in [5, 5.41) is 0. The van der Waals surface area contributed by atoms with Crippen LogP contribution in [0.15, 0.2) is 91.0 Å². The van der Waals surface area contributed by atoms with Crippen LogP contribution in [0, 0.1) is 5.89 Å². The van der Waals surface area contributed by atoms with Gasteiger partial charge in [-0.25, -0.2) is 0 Å². The summed E-state index contributed by atoms with van der Waals surface area (Å²) in [7, 11) is 0. The molecule has 1 fully saturated rings. The molecule has 29 heavy (non-hydrogen) atoms. The summed E-state index contributed by atoms with van der Waals surface area (Å²) < 4.78 is 19.7. The van der Waals surface area contributed by atoms with Gasteiger partial charge in [-0.1, -0.05) is 0 Å². The Morgan fingerprint density at radius 3 is 1.69 bits per heavy atom. The number of rotatable bonds is 6. The van der Waals surface area contributed by atoms with Crippen molar-refractivity contribution in [2.45, 2.75) is 38.7 Å². The molecule has 0 saturated heterocycles. The van der Waals surface area contributed by atoms with Crippen LogP contribution in [0.3, 0.4) is 0 Å². The van der Waals surface area contributed by atoms with Gasteiger partial charge in [-0.3, -0.25) is 0 Å². The summed E-state index contributed by atoms with van der Waals surface area (Å²) in [5.74, 6) is -1.15. The summed E-state index contributed by atoms with van der Waals surface area (Å²) in [4.78, 5) is 12.8. The van der Waals surface area contributed by atoms with Crippen LogP contribution in [0.5, 0.6) is 0 Å². The third kappa shape index (κ3) is 4.10. The van der Waals surface area contributed by atoms with Crippen molar-refractivity contribution in [3.63, 3.8) is 0 Å². The standard InChI is InChI=1S/C26H28GeO2/c1-21(25-19-11-12-20-26(25)28)29-27(22-13-5-2-6-14-22,23-15-7-3-8-16-23)24-17-9-4-10-18-24/h2-10,13-18,21,25H,11-12,19-20H2,1H3/i25D. The van der Waals surface area contributed by atoms with Crippen molar-refractivity contribution in [2.75, 3.05) is 0 Å². The normalized spacial score (nSPS) is 21.4. The van der Waals surface area contributed by atoms with E-state index in [1.54, 1.807) is 0 Å². The molecular weight excluding hydrogens is 417 g/mol. The van der Waals surface area contributed by atoms with Crippen LogP contribution in [0.25, 0.3) is 0 Å². The monoisotopic (exact) mass is 447 g/mol. The van der Waals surface area contributed by atoms with Crippen molar-refractivity contribution in [2.24, 2.45) is 5.89 Å². The van der Waals surface area contributed by atoms with Crippen LogP contribution in [0.2, 0.25) is 0 Å². The molecule has 148 valence electrons.